The van der Waals surface area contributed by atoms with Gasteiger partial charge >= 0.3 is 5.97 Å². The Balaban J connectivity index is 2.26. The molecule has 0 aliphatic rings. The van der Waals surface area contributed by atoms with Gasteiger partial charge in [-0.15, -0.1) is 11.3 Å². The highest BCUT2D eigenvalue weighted by atomic mass is 79.9. The minimum atomic E-state index is -1.06. The van der Waals surface area contributed by atoms with E-state index >= 15 is 0 Å². The Bertz CT molecular complexity index is 750. The van der Waals surface area contributed by atoms with Crippen molar-refractivity contribution in [2.24, 2.45) is 0 Å². The van der Waals surface area contributed by atoms with Crippen LogP contribution in [-0.2, 0) is 0 Å². The normalized spacial score (nSPS) is 10.9. The molecule has 18 heavy (non-hydrogen) atoms. The van der Waals surface area contributed by atoms with E-state index in [0.717, 1.165) is 14.4 Å². The molecule has 3 rings (SSSR count). The number of rotatable bonds is 2. The van der Waals surface area contributed by atoms with Gasteiger partial charge in [0.2, 0.25) is 0 Å². The number of halogens is 1. The fourth-order valence-corrected chi connectivity index (χ4v) is 3.03. The Morgan fingerprint density at radius 2 is 2.22 bits per heavy atom. The van der Waals surface area contributed by atoms with Crippen LogP contribution >= 0.6 is 27.3 Å². The zero-order valence-electron chi connectivity index (χ0n) is 8.87. The number of carboxylic acid groups (broad SMARTS) is 1. The Labute approximate surface area is 114 Å². The van der Waals surface area contributed by atoms with Crippen LogP contribution in [0, 0.1) is 0 Å². The molecule has 90 valence electrons. The summed E-state index contributed by atoms with van der Waals surface area (Å²) < 4.78 is 2.55. The minimum absolute atomic E-state index is 0.00873. The average Bonchev–Trinajstić information content (AvgIpc) is 2.94. The quantitative estimate of drug-likeness (QED) is 0.787. The van der Waals surface area contributed by atoms with Crippen LogP contribution in [0.2, 0.25) is 0 Å². The van der Waals surface area contributed by atoms with E-state index in [1.807, 2.05) is 18.2 Å². The van der Waals surface area contributed by atoms with Gasteiger partial charge in [0.1, 0.15) is 0 Å². The summed E-state index contributed by atoms with van der Waals surface area (Å²) in [6.07, 6.45) is 1.64. The van der Waals surface area contributed by atoms with E-state index in [4.69, 9.17) is 5.11 Å². The molecule has 1 N–H and O–H groups in total. The number of aromatic nitrogens is 3. The van der Waals surface area contributed by atoms with Crippen LogP contribution in [0.4, 0.5) is 0 Å². The van der Waals surface area contributed by atoms with E-state index in [9.17, 15) is 4.79 Å². The van der Waals surface area contributed by atoms with E-state index in [1.54, 1.807) is 22.0 Å². The molecule has 0 saturated carbocycles. The first-order valence-electron chi connectivity index (χ1n) is 4.99. The largest absolute Gasteiger partial charge is 0.476 e. The molecule has 0 amide bonds. The second-order valence-electron chi connectivity index (χ2n) is 3.54. The Hall–Kier alpha value is -1.73. The number of carbonyl (C=O) groups is 1. The fourth-order valence-electron chi connectivity index (χ4n) is 1.64. The summed E-state index contributed by atoms with van der Waals surface area (Å²) in [5, 5.41) is 13.0. The topological polar surface area (TPSA) is 67.5 Å². The third-order valence-electron chi connectivity index (χ3n) is 2.40. The van der Waals surface area contributed by atoms with Crippen LogP contribution in [0.5, 0.6) is 0 Å². The highest BCUT2D eigenvalue weighted by Gasteiger charge is 2.13. The van der Waals surface area contributed by atoms with Gasteiger partial charge in [-0.2, -0.15) is 5.10 Å². The van der Waals surface area contributed by atoms with Crippen molar-refractivity contribution in [1.29, 1.82) is 0 Å². The lowest BCUT2D eigenvalue weighted by molar-refractivity contribution is 0.0690. The number of hydrogen-bond acceptors (Lipinski definition) is 4. The molecule has 3 aromatic heterocycles. The molecule has 0 aliphatic carbocycles. The van der Waals surface area contributed by atoms with E-state index < -0.39 is 5.97 Å². The molecule has 3 heterocycles. The lowest BCUT2D eigenvalue weighted by atomic mass is 10.3. The van der Waals surface area contributed by atoms with Gasteiger partial charge in [0.25, 0.3) is 0 Å². The third kappa shape index (κ3) is 1.81. The summed E-state index contributed by atoms with van der Waals surface area (Å²) >= 11 is 4.95. The van der Waals surface area contributed by atoms with Crippen molar-refractivity contribution in [3.05, 3.63) is 39.9 Å². The number of carboxylic acids is 1. The van der Waals surface area contributed by atoms with Crippen LogP contribution in [-0.4, -0.2) is 25.7 Å². The first-order chi connectivity index (χ1) is 8.65. The maximum Gasteiger partial charge on any atom is 0.356 e. The highest BCUT2D eigenvalue weighted by molar-refractivity contribution is 9.11. The first kappa shape index (κ1) is 11.4. The standard InChI is InChI=1S/C11H6BrN3O2S/c12-9-2-1-8(18-9)7-3-4-13-10-5-6(11(16)17)14-15(7)10/h1-5H,(H,16,17). The number of hydrogen-bond donors (Lipinski definition) is 1. The van der Waals surface area contributed by atoms with Gasteiger partial charge in [0.05, 0.1) is 14.4 Å². The molecule has 0 unspecified atom stereocenters. The zero-order valence-corrected chi connectivity index (χ0v) is 11.3. The maximum absolute atomic E-state index is 10.9. The molecule has 7 heteroatoms. The first-order valence-corrected chi connectivity index (χ1v) is 6.60. The number of fused-ring (bicyclic) bond motifs is 1. The molecule has 0 spiro atoms. The lowest BCUT2D eigenvalue weighted by Gasteiger charge is -2.00. The van der Waals surface area contributed by atoms with Gasteiger partial charge in [-0.1, -0.05) is 0 Å². The molecule has 0 saturated heterocycles. The lowest BCUT2D eigenvalue weighted by Crippen LogP contribution is -1.99. The SMILES string of the molecule is O=C(O)c1cc2nccc(-c3ccc(Br)s3)n2n1. The Morgan fingerprint density at radius 3 is 2.89 bits per heavy atom. The van der Waals surface area contributed by atoms with Crippen molar-refractivity contribution in [3.8, 4) is 10.6 Å². The smallest absolute Gasteiger partial charge is 0.356 e. The molecule has 0 atom stereocenters. The minimum Gasteiger partial charge on any atom is -0.476 e. The van der Waals surface area contributed by atoms with Gasteiger partial charge in [0, 0.05) is 12.3 Å². The summed E-state index contributed by atoms with van der Waals surface area (Å²) in [5.74, 6) is -1.06. The predicted octanol–water partition coefficient (Wildman–Crippen LogP) is 2.92. The Morgan fingerprint density at radius 1 is 1.39 bits per heavy atom. The number of aromatic carboxylic acids is 1. The van der Waals surface area contributed by atoms with Gasteiger partial charge < -0.3 is 5.11 Å². The molecule has 5 nitrogen and oxygen atoms in total. The number of thiophene rings is 1. The van der Waals surface area contributed by atoms with E-state index in [0.29, 0.717) is 5.65 Å². The van der Waals surface area contributed by atoms with E-state index in [-0.39, 0.29) is 5.69 Å². The van der Waals surface area contributed by atoms with Gasteiger partial charge in [-0.05, 0) is 34.1 Å². The van der Waals surface area contributed by atoms with Gasteiger partial charge in [-0.25, -0.2) is 14.3 Å². The summed E-state index contributed by atoms with van der Waals surface area (Å²) in [5.41, 5.74) is 1.34. The Kier molecular flexibility index (Phi) is 2.64. The maximum atomic E-state index is 10.9. The van der Waals surface area contributed by atoms with Crippen LogP contribution in [0.25, 0.3) is 16.2 Å². The molecule has 0 radical (unpaired) electrons. The molecular formula is C11H6BrN3O2S. The van der Waals surface area contributed by atoms with Gasteiger partial charge in [-0.3, -0.25) is 0 Å². The van der Waals surface area contributed by atoms with Crippen molar-refractivity contribution >= 4 is 38.9 Å². The number of nitrogens with zero attached hydrogens (tertiary/aromatic N) is 3. The molecule has 0 fully saturated rings. The van der Waals surface area contributed by atoms with Crippen LogP contribution < -0.4 is 0 Å². The average molecular weight is 324 g/mol. The summed E-state index contributed by atoms with van der Waals surface area (Å²) in [4.78, 5) is 16.0. The fraction of sp³-hybridized carbons (Fsp3) is 0. The van der Waals surface area contributed by atoms with Crippen molar-refractivity contribution in [2.45, 2.75) is 0 Å². The van der Waals surface area contributed by atoms with Crippen molar-refractivity contribution in [3.63, 3.8) is 0 Å². The second-order valence-corrected chi connectivity index (χ2v) is 6.00. The summed E-state index contributed by atoms with van der Waals surface area (Å²) in [7, 11) is 0. The molecule has 0 bridgehead atoms. The van der Waals surface area contributed by atoms with Crippen LogP contribution in [0.1, 0.15) is 10.5 Å². The van der Waals surface area contributed by atoms with Crippen molar-refractivity contribution < 1.29 is 9.90 Å². The molecule has 0 aromatic carbocycles. The van der Waals surface area contributed by atoms with Crippen molar-refractivity contribution in [2.75, 3.05) is 0 Å². The van der Waals surface area contributed by atoms with Gasteiger partial charge in [0.15, 0.2) is 11.3 Å². The highest BCUT2D eigenvalue weighted by Crippen LogP contribution is 2.31. The molecular weight excluding hydrogens is 318 g/mol. The molecule has 3 aromatic rings. The summed E-state index contributed by atoms with van der Waals surface area (Å²) in [6, 6.07) is 7.15. The third-order valence-corrected chi connectivity index (χ3v) is 4.05. The zero-order chi connectivity index (χ0) is 12.7. The van der Waals surface area contributed by atoms with Crippen LogP contribution in [0.15, 0.2) is 34.2 Å². The second kappa shape index (κ2) is 4.18. The van der Waals surface area contributed by atoms with E-state index in [1.165, 1.54) is 6.07 Å². The van der Waals surface area contributed by atoms with Crippen LogP contribution in [0.3, 0.4) is 0 Å². The van der Waals surface area contributed by atoms with Crippen molar-refractivity contribution in [1.82, 2.24) is 14.6 Å². The van der Waals surface area contributed by atoms with E-state index in [2.05, 4.69) is 26.0 Å². The summed E-state index contributed by atoms with van der Waals surface area (Å²) in [6.45, 7) is 0. The monoisotopic (exact) mass is 323 g/mol. The predicted molar refractivity (Wildman–Crippen MR) is 71.0 cm³/mol. The molecule has 0 aliphatic heterocycles.